The molecule has 0 aromatic heterocycles. The van der Waals surface area contributed by atoms with Gasteiger partial charge in [0.15, 0.2) is 0 Å². The van der Waals surface area contributed by atoms with Crippen LogP contribution in [0, 0.1) is 0 Å². The van der Waals surface area contributed by atoms with E-state index in [1.165, 1.54) is 0 Å². The normalized spacial score (nSPS) is 20.0. The first-order chi connectivity index (χ1) is 10.2. The number of hydrogen-bond donors (Lipinski definition) is 2. The summed E-state index contributed by atoms with van der Waals surface area (Å²) in [6.07, 6.45) is 2.50. The molecule has 1 aliphatic rings. The first-order valence-corrected chi connectivity index (χ1v) is 7.47. The Labute approximate surface area is 125 Å². The van der Waals surface area contributed by atoms with Gasteiger partial charge in [-0.05, 0) is 43.9 Å². The largest absolute Gasteiger partial charge is 0.497 e. The molecule has 2 amide bonds. The lowest BCUT2D eigenvalue weighted by atomic mass is 10.0. The van der Waals surface area contributed by atoms with Crippen molar-refractivity contribution in [2.45, 2.75) is 38.3 Å². The van der Waals surface area contributed by atoms with Gasteiger partial charge in [-0.1, -0.05) is 12.1 Å². The molecular weight excluding hydrogens is 268 g/mol. The van der Waals surface area contributed by atoms with E-state index in [2.05, 4.69) is 5.32 Å². The number of nitrogens with one attached hydrogen (secondary N) is 1. The monoisotopic (exact) mass is 292 g/mol. The van der Waals surface area contributed by atoms with Gasteiger partial charge in [0.05, 0.1) is 13.2 Å². The Balaban J connectivity index is 1.96. The summed E-state index contributed by atoms with van der Waals surface area (Å²) in [5.74, 6) is 0.818. The number of benzene rings is 1. The average Bonchev–Trinajstić information content (AvgIpc) is 2.52. The van der Waals surface area contributed by atoms with E-state index in [-0.39, 0.29) is 24.7 Å². The van der Waals surface area contributed by atoms with Gasteiger partial charge in [0.25, 0.3) is 0 Å². The van der Waals surface area contributed by atoms with Crippen molar-refractivity contribution in [3.05, 3.63) is 29.8 Å². The van der Waals surface area contributed by atoms with Crippen LogP contribution < -0.4 is 10.1 Å². The Morgan fingerprint density at radius 3 is 2.71 bits per heavy atom. The van der Waals surface area contributed by atoms with Crippen molar-refractivity contribution in [2.75, 3.05) is 20.3 Å². The molecule has 2 atom stereocenters. The first kappa shape index (κ1) is 15.6. The molecule has 1 heterocycles. The Morgan fingerprint density at radius 1 is 1.43 bits per heavy atom. The number of aliphatic hydroxyl groups excluding tert-OH is 1. The van der Waals surface area contributed by atoms with Gasteiger partial charge in [-0.15, -0.1) is 0 Å². The van der Waals surface area contributed by atoms with Gasteiger partial charge in [0, 0.05) is 19.2 Å². The number of hydrogen-bond acceptors (Lipinski definition) is 3. The molecule has 2 rings (SSSR count). The van der Waals surface area contributed by atoms with Gasteiger partial charge in [0.1, 0.15) is 5.75 Å². The first-order valence-electron chi connectivity index (χ1n) is 7.47. The van der Waals surface area contributed by atoms with Crippen LogP contribution in [0.3, 0.4) is 0 Å². The minimum absolute atomic E-state index is 0.0208. The van der Waals surface area contributed by atoms with E-state index >= 15 is 0 Å². The third kappa shape index (κ3) is 3.88. The topological polar surface area (TPSA) is 61.8 Å². The SMILES string of the molecule is COc1ccc(C(C)N2CCC(CCCO)NC2=O)cc1. The van der Waals surface area contributed by atoms with Crippen molar-refractivity contribution >= 4 is 6.03 Å². The standard InChI is InChI=1S/C16H24N2O3/c1-12(13-5-7-15(21-2)8-6-13)18-10-9-14(4-3-11-19)17-16(18)20/h5-8,12,14,19H,3-4,9-11H2,1-2H3,(H,17,20). The lowest BCUT2D eigenvalue weighted by molar-refractivity contribution is 0.150. The number of carbonyl (C=O) groups is 1. The molecule has 21 heavy (non-hydrogen) atoms. The molecule has 5 heteroatoms. The molecule has 116 valence electrons. The maximum absolute atomic E-state index is 12.2. The average molecular weight is 292 g/mol. The van der Waals surface area contributed by atoms with E-state index in [9.17, 15) is 4.79 Å². The molecule has 1 aliphatic heterocycles. The molecule has 5 nitrogen and oxygen atoms in total. The second kappa shape index (κ2) is 7.31. The quantitative estimate of drug-likeness (QED) is 0.846. The van der Waals surface area contributed by atoms with Gasteiger partial charge in [-0.25, -0.2) is 4.79 Å². The zero-order chi connectivity index (χ0) is 15.2. The van der Waals surface area contributed by atoms with Crippen molar-refractivity contribution in [1.29, 1.82) is 0 Å². The van der Waals surface area contributed by atoms with Gasteiger partial charge in [-0.2, -0.15) is 0 Å². The van der Waals surface area contributed by atoms with Gasteiger partial charge >= 0.3 is 6.03 Å². The summed E-state index contributed by atoms with van der Waals surface area (Å²) >= 11 is 0. The zero-order valence-electron chi connectivity index (χ0n) is 12.7. The van der Waals surface area contributed by atoms with Gasteiger partial charge < -0.3 is 20.1 Å². The molecule has 1 fully saturated rings. The predicted octanol–water partition coefficient (Wildman–Crippen LogP) is 2.31. The van der Waals surface area contributed by atoms with Crippen LogP contribution in [0.25, 0.3) is 0 Å². The summed E-state index contributed by atoms with van der Waals surface area (Å²) in [6.45, 7) is 2.96. The molecule has 2 unspecified atom stereocenters. The Hall–Kier alpha value is -1.75. The molecule has 0 saturated carbocycles. The van der Waals surface area contributed by atoms with E-state index in [4.69, 9.17) is 9.84 Å². The van der Waals surface area contributed by atoms with Crippen molar-refractivity contribution in [3.63, 3.8) is 0 Å². The predicted molar refractivity (Wildman–Crippen MR) is 81.4 cm³/mol. The molecule has 0 radical (unpaired) electrons. The Kier molecular flexibility index (Phi) is 5.44. The summed E-state index contributed by atoms with van der Waals surface area (Å²) in [5.41, 5.74) is 1.10. The van der Waals surface area contributed by atoms with E-state index < -0.39 is 0 Å². The maximum atomic E-state index is 12.2. The number of methoxy groups -OCH3 is 1. The van der Waals surface area contributed by atoms with Crippen molar-refractivity contribution in [3.8, 4) is 5.75 Å². The van der Waals surface area contributed by atoms with Crippen molar-refractivity contribution < 1.29 is 14.6 Å². The highest BCUT2D eigenvalue weighted by atomic mass is 16.5. The molecule has 1 aromatic carbocycles. The fraction of sp³-hybridized carbons (Fsp3) is 0.562. The van der Waals surface area contributed by atoms with Crippen LogP contribution in [0.2, 0.25) is 0 Å². The third-order valence-corrected chi connectivity index (χ3v) is 4.08. The molecular formula is C16H24N2O3. The van der Waals surface area contributed by atoms with Crippen LogP contribution in [-0.2, 0) is 0 Å². The number of aliphatic hydroxyl groups is 1. The summed E-state index contributed by atoms with van der Waals surface area (Å²) in [6, 6.07) is 8.02. The van der Waals surface area contributed by atoms with Gasteiger partial charge in [0.2, 0.25) is 0 Å². The molecule has 0 bridgehead atoms. The number of urea groups is 1. The van der Waals surface area contributed by atoms with Crippen LogP contribution in [0.4, 0.5) is 4.79 Å². The number of nitrogens with zero attached hydrogens (tertiary/aromatic N) is 1. The molecule has 1 saturated heterocycles. The van der Waals surface area contributed by atoms with Crippen LogP contribution >= 0.6 is 0 Å². The molecule has 0 spiro atoms. The Morgan fingerprint density at radius 2 is 2.14 bits per heavy atom. The van der Waals surface area contributed by atoms with E-state index in [0.717, 1.165) is 37.1 Å². The maximum Gasteiger partial charge on any atom is 0.318 e. The fourth-order valence-electron chi connectivity index (χ4n) is 2.71. The minimum Gasteiger partial charge on any atom is -0.497 e. The minimum atomic E-state index is -0.0208. The van der Waals surface area contributed by atoms with Crippen LogP contribution in [0.5, 0.6) is 5.75 Å². The lowest BCUT2D eigenvalue weighted by Gasteiger charge is -2.37. The third-order valence-electron chi connectivity index (χ3n) is 4.08. The van der Waals surface area contributed by atoms with Crippen molar-refractivity contribution in [2.24, 2.45) is 0 Å². The summed E-state index contributed by atoms with van der Waals surface area (Å²) < 4.78 is 5.15. The number of rotatable bonds is 6. The van der Waals surface area contributed by atoms with E-state index in [1.54, 1.807) is 7.11 Å². The van der Waals surface area contributed by atoms with Crippen LogP contribution in [0.1, 0.15) is 37.8 Å². The van der Waals surface area contributed by atoms with E-state index in [0.29, 0.717) is 0 Å². The highest BCUT2D eigenvalue weighted by Gasteiger charge is 2.28. The zero-order valence-corrected chi connectivity index (χ0v) is 12.7. The summed E-state index contributed by atoms with van der Waals surface area (Å²) in [4.78, 5) is 14.1. The van der Waals surface area contributed by atoms with Crippen molar-refractivity contribution in [1.82, 2.24) is 10.2 Å². The molecule has 0 aliphatic carbocycles. The summed E-state index contributed by atoms with van der Waals surface area (Å²) in [5, 5.41) is 11.9. The second-order valence-corrected chi connectivity index (χ2v) is 5.44. The number of amides is 2. The number of carbonyl (C=O) groups excluding carboxylic acids is 1. The highest BCUT2D eigenvalue weighted by molar-refractivity contribution is 5.75. The smallest absolute Gasteiger partial charge is 0.318 e. The lowest BCUT2D eigenvalue weighted by Crippen LogP contribution is -2.52. The second-order valence-electron chi connectivity index (χ2n) is 5.44. The van der Waals surface area contributed by atoms with E-state index in [1.807, 2.05) is 36.1 Å². The molecule has 2 N–H and O–H groups in total. The van der Waals surface area contributed by atoms with Crippen LogP contribution in [0.15, 0.2) is 24.3 Å². The Bertz CT molecular complexity index is 461. The fourth-order valence-corrected chi connectivity index (χ4v) is 2.71. The number of ether oxygens (including phenoxy) is 1. The van der Waals surface area contributed by atoms with Gasteiger partial charge in [-0.3, -0.25) is 0 Å². The van der Waals surface area contributed by atoms with Crippen LogP contribution in [-0.4, -0.2) is 42.3 Å². The summed E-state index contributed by atoms with van der Waals surface area (Å²) in [7, 11) is 1.64. The molecule has 1 aromatic rings. The highest BCUT2D eigenvalue weighted by Crippen LogP contribution is 2.25.